The van der Waals surface area contributed by atoms with E-state index in [4.69, 9.17) is 24.1 Å². The first-order chi connectivity index (χ1) is 13.0. The highest BCUT2D eigenvalue weighted by Crippen LogP contribution is 2.07. The van der Waals surface area contributed by atoms with Gasteiger partial charge < -0.3 is 39.2 Å². The van der Waals surface area contributed by atoms with Crippen LogP contribution in [0, 0.1) is 0 Å². The zero-order valence-corrected chi connectivity index (χ0v) is 16.2. The number of ether oxygens (including phenoxy) is 4. The predicted octanol–water partition coefficient (Wildman–Crippen LogP) is -0.240. The average molecular weight is 387 g/mol. The molecule has 3 unspecified atom stereocenters. The van der Waals surface area contributed by atoms with Crippen molar-refractivity contribution in [3.63, 3.8) is 0 Å². The van der Waals surface area contributed by atoms with Crippen molar-refractivity contribution in [2.24, 2.45) is 0 Å². The molecule has 0 heterocycles. The topological polar surface area (TPSA) is 101 Å². The first-order valence-electron chi connectivity index (χ1n) is 9.06. The molecule has 0 bridgehead atoms. The normalized spacial score (nSPS) is 14.9. The van der Waals surface area contributed by atoms with Gasteiger partial charge in [0, 0.05) is 20.2 Å². The van der Waals surface area contributed by atoms with E-state index in [1.807, 2.05) is 42.3 Å². The van der Waals surface area contributed by atoms with Crippen LogP contribution >= 0.6 is 0 Å². The molecule has 8 nitrogen and oxygen atoms in total. The van der Waals surface area contributed by atoms with E-state index in [2.05, 4.69) is 0 Å². The van der Waals surface area contributed by atoms with E-state index in [-0.39, 0.29) is 33.0 Å². The maximum atomic E-state index is 10.0. The molecule has 0 aliphatic rings. The molecule has 0 aliphatic heterocycles. The Morgan fingerprint density at radius 3 is 2.37 bits per heavy atom. The van der Waals surface area contributed by atoms with Crippen molar-refractivity contribution in [1.29, 1.82) is 0 Å². The van der Waals surface area contributed by atoms with E-state index in [1.165, 1.54) is 7.11 Å². The Bertz CT molecular complexity index is 463. The highest BCUT2D eigenvalue weighted by molar-refractivity contribution is 5.20. The summed E-state index contributed by atoms with van der Waals surface area (Å²) in [7, 11) is 3.41. The van der Waals surface area contributed by atoms with Crippen LogP contribution in [0.25, 0.3) is 0 Å². The molecule has 0 saturated carbocycles. The van der Waals surface area contributed by atoms with Crippen LogP contribution in [-0.2, 0) is 14.2 Å². The van der Waals surface area contributed by atoms with E-state index < -0.39 is 18.3 Å². The smallest absolute Gasteiger partial charge is 0.119 e. The van der Waals surface area contributed by atoms with Crippen molar-refractivity contribution >= 4 is 0 Å². The molecule has 0 radical (unpaired) electrons. The third-order valence-electron chi connectivity index (χ3n) is 3.71. The lowest BCUT2D eigenvalue weighted by molar-refractivity contribution is -0.0838. The minimum Gasteiger partial charge on any atom is -0.492 e. The maximum absolute atomic E-state index is 10.0. The molecule has 156 valence electrons. The highest BCUT2D eigenvalue weighted by atomic mass is 16.5. The lowest BCUT2D eigenvalue weighted by atomic mass is 10.3. The van der Waals surface area contributed by atoms with Gasteiger partial charge in [0.2, 0.25) is 0 Å². The number of methoxy groups -OCH3 is 1. The molecule has 1 aromatic rings. The first-order valence-corrected chi connectivity index (χ1v) is 9.06. The summed E-state index contributed by atoms with van der Waals surface area (Å²) < 4.78 is 21.1. The minimum atomic E-state index is -0.833. The number of likely N-dealkylation sites (N-methyl/N-ethyl adjacent to an activating group) is 1. The summed E-state index contributed by atoms with van der Waals surface area (Å²) in [4.78, 5) is 1.95. The molecule has 27 heavy (non-hydrogen) atoms. The van der Waals surface area contributed by atoms with Gasteiger partial charge in [-0.3, -0.25) is 0 Å². The molecule has 8 heteroatoms. The Balaban J connectivity index is 2.07. The van der Waals surface area contributed by atoms with Crippen LogP contribution in [0.2, 0.25) is 0 Å². The van der Waals surface area contributed by atoms with Gasteiger partial charge in [0.25, 0.3) is 0 Å². The second-order valence-corrected chi connectivity index (χ2v) is 6.36. The monoisotopic (exact) mass is 387 g/mol. The summed E-state index contributed by atoms with van der Waals surface area (Å²) in [5.74, 6) is 0.819. The third-order valence-corrected chi connectivity index (χ3v) is 3.71. The molecule has 0 fully saturated rings. The summed E-state index contributed by atoms with van der Waals surface area (Å²) in [6.45, 7) is 1.89. The number of benzene rings is 1. The van der Waals surface area contributed by atoms with Crippen LogP contribution in [-0.4, -0.2) is 105 Å². The Morgan fingerprint density at radius 2 is 1.70 bits per heavy atom. The first kappa shape index (κ1) is 23.8. The van der Waals surface area contributed by atoms with Gasteiger partial charge in [0.05, 0.1) is 39.1 Å². The second kappa shape index (κ2) is 14.8. The molecular formula is C19H33NO7. The number of hydrogen-bond donors (Lipinski definition) is 3. The fourth-order valence-electron chi connectivity index (χ4n) is 2.31. The molecule has 3 N–H and O–H groups in total. The van der Waals surface area contributed by atoms with E-state index in [9.17, 15) is 10.2 Å². The molecule has 0 saturated heterocycles. The Hall–Kier alpha value is -1.26. The van der Waals surface area contributed by atoms with E-state index in [1.54, 1.807) is 0 Å². The maximum Gasteiger partial charge on any atom is 0.119 e. The van der Waals surface area contributed by atoms with Crippen molar-refractivity contribution < 1.29 is 34.3 Å². The average Bonchev–Trinajstić information content (AvgIpc) is 2.66. The fraction of sp³-hybridized carbons (Fsp3) is 0.684. The highest BCUT2D eigenvalue weighted by Gasteiger charge is 2.13. The van der Waals surface area contributed by atoms with Crippen LogP contribution in [0.1, 0.15) is 0 Å². The van der Waals surface area contributed by atoms with Crippen LogP contribution in [0.3, 0.4) is 0 Å². The van der Waals surface area contributed by atoms with Crippen LogP contribution in [0.5, 0.6) is 5.75 Å². The number of para-hydroxylation sites is 1. The molecule has 1 aromatic carbocycles. The summed E-state index contributed by atoms with van der Waals surface area (Å²) >= 11 is 0. The van der Waals surface area contributed by atoms with Gasteiger partial charge in [0.15, 0.2) is 0 Å². The summed E-state index contributed by atoms with van der Waals surface area (Å²) in [6.07, 6.45) is -1.97. The SMILES string of the molecule is COCC(CO)OCC(O)COCC(O)CN(C)CCOc1ccccc1. The van der Waals surface area contributed by atoms with Gasteiger partial charge in [-0.25, -0.2) is 0 Å². The molecule has 0 amide bonds. The summed E-state index contributed by atoms with van der Waals surface area (Å²) in [5.41, 5.74) is 0. The minimum absolute atomic E-state index is 0.0292. The van der Waals surface area contributed by atoms with Gasteiger partial charge in [-0.15, -0.1) is 0 Å². The molecule has 0 spiro atoms. The van der Waals surface area contributed by atoms with Crippen LogP contribution < -0.4 is 4.74 Å². The lowest BCUT2D eigenvalue weighted by Crippen LogP contribution is -2.36. The summed E-state index contributed by atoms with van der Waals surface area (Å²) in [6, 6.07) is 9.57. The predicted molar refractivity (Wildman–Crippen MR) is 101 cm³/mol. The number of aliphatic hydroxyl groups is 3. The van der Waals surface area contributed by atoms with Gasteiger partial charge in [-0.2, -0.15) is 0 Å². The molecule has 0 aliphatic carbocycles. The zero-order chi connectivity index (χ0) is 19.9. The second-order valence-electron chi connectivity index (χ2n) is 6.36. The van der Waals surface area contributed by atoms with Crippen molar-refractivity contribution in [2.45, 2.75) is 18.3 Å². The fourth-order valence-corrected chi connectivity index (χ4v) is 2.31. The summed E-state index contributed by atoms with van der Waals surface area (Å²) in [5, 5.41) is 28.9. The van der Waals surface area contributed by atoms with Crippen LogP contribution in [0.4, 0.5) is 0 Å². The molecular weight excluding hydrogens is 354 g/mol. The zero-order valence-electron chi connectivity index (χ0n) is 16.2. The standard InChI is InChI=1S/C19H33NO7/c1-20(8-9-26-18-6-4-3-5-7-18)10-16(22)12-25-13-17(23)14-27-19(11-21)15-24-2/h3-7,16-17,19,21-23H,8-15H2,1-2H3. The lowest BCUT2D eigenvalue weighted by Gasteiger charge is -2.21. The van der Waals surface area contributed by atoms with Gasteiger partial charge in [-0.1, -0.05) is 18.2 Å². The van der Waals surface area contributed by atoms with Crippen LogP contribution in [0.15, 0.2) is 30.3 Å². The Morgan fingerprint density at radius 1 is 1.00 bits per heavy atom. The molecule has 3 atom stereocenters. The van der Waals surface area contributed by atoms with Gasteiger partial charge >= 0.3 is 0 Å². The molecule has 1 rings (SSSR count). The number of nitrogens with zero attached hydrogens (tertiary/aromatic N) is 1. The van der Waals surface area contributed by atoms with Crippen molar-refractivity contribution in [2.75, 3.05) is 66.9 Å². The number of aliphatic hydroxyl groups excluding tert-OH is 3. The van der Waals surface area contributed by atoms with Crippen molar-refractivity contribution in [3.8, 4) is 5.75 Å². The van der Waals surface area contributed by atoms with Crippen molar-refractivity contribution in [1.82, 2.24) is 4.90 Å². The quantitative estimate of drug-likeness (QED) is 0.357. The van der Waals surface area contributed by atoms with Gasteiger partial charge in [0.1, 0.15) is 24.6 Å². The molecule has 0 aromatic heterocycles. The van der Waals surface area contributed by atoms with E-state index in [0.717, 1.165) is 5.75 Å². The van der Waals surface area contributed by atoms with Gasteiger partial charge in [-0.05, 0) is 19.2 Å². The Labute approximate surface area is 161 Å². The number of hydrogen-bond acceptors (Lipinski definition) is 8. The van der Waals surface area contributed by atoms with Crippen molar-refractivity contribution in [3.05, 3.63) is 30.3 Å². The number of rotatable bonds is 16. The third kappa shape index (κ3) is 11.9. The Kier molecular flexibility index (Phi) is 13.0. The van der Waals surface area contributed by atoms with E-state index >= 15 is 0 Å². The largest absolute Gasteiger partial charge is 0.492 e. The van der Waals surface area contributed by atoms with E-state index in [0.29, 0.717) is 19.7 Å².